The first-order chi connectivity index (χ1) is 9.13. The molecular weight excluding hydrogens is 256 g/mol. The van der Waals surface area contributed by atoms with E-state index in [0.29, 0.717) is 11.8 Å². The highest BCUT2D eigenvalue weighted by Gasteiger charge is 2.10. The van der Waals surface area contributed by atoms with Crippen LogP contribution in [0.25, 0.3) is 10.8 Å². The van der Waals surface area contributed by atoms with E-state index in [1.807, 2.05) is 6.20 Å². The van der Waals surface area contributed by atoms with Crippen molar-refractivity contribution in [2.24, 2.45) is 5.92 Å². The first-order valence-electron chi connectivity index (χ1n) is 6.77. The summed E-state index contributed by atoms with van der Waals surface area (Å²) >= 11 is 5.99. The topological polar surface area (TPSA) is 16.1 Å². The first kappa shape index (κ1) is 14.1. The number of hydrogen-bond acceptors (Lipinski definition) is 2. The van der Waals surface area contributed by atoms with Crippen molar-refractivity contribution in [1.29, 1.82) is 0 Å². The Morgan fingerprint density at radius 3 is 2.53 bits per heavy atom. The molecule has 0 saturated carbocycles. The van der Waals surface area contributed by atoms with Gasteiger partial charge in [-0.25, -0.2) is 4.98 Å². The lowest BCUT2D eigenvalue weighted by Crippen LogP contribution is -2.21. The molecule has 0 aliphatic carbocycles. The number of anilines is 1. The number of rotatable bonds is 5. The average molecular weight is 277 g/mol. The van der Waals surface area contributed by atoms with Gasteiger partial charge in [0.25, 0.3) is 0 Å². The highest BCUT2D eigenvalue weighted by molar-refractivity contribution is 6.18. The van der Waals surface area contributed by atoms with Gasteiger partial charge in [0.05, 0.1) is 0 Å². The molecule has 0 N–H and O–H groups in total. The van der Waals surface area contributed by atoms with E-state index in [-0.39, 0.29) is 0 Å². The lowest BCUT2D eigenvalue weighted by molar-refractivity contribution is 0.584. The van der Waals surface area contributed by atoms with Crippen LogP contribution in [-0.2, 0) is 5.88 Å². The Morgan fingerprint density at radius 2 is 1.89 bits per heavy atom. The minimum absolute atomic E-state index is 0.503. The second-order valence-corrected chi connectivity index (χ2v) is 5.66. The third-order valence-corrected chi connectivity index (χ3v) is 3.69. The van der Waals surface area contributed by atoms with Crippen LogP contribution < -0.4 is 4.90 Å². The molecular formula is C16H21ClN2. The number of nitrogens with zero attached hydrogens (tertiary/aromatic N) is 2. The molecule has 2 rings (SSSR count). The molecule has 1 aromatic carbocycles. The van der Waals surface area contributed by atoms with Crippen molar-refractivity contribution in [2.45, 2.75) is 26.1 Å². The van der Waals surface area contributed by atoms with Crippen molar-refractivity contribution in [3.63, 3.8) is 0 Å². The smallest absolute Gasteiger partial charge is 0.136 e. The predicted molar refractivity (Wildman–Crippen MR) is 84.0 cm³/mol. The fourth-order valence-corrected chi connectivity index (χ4v) is 2.42. The monoisotopic (exact) mass is 276 g/mol. The van der Waals surface area contributed by atoms with E-state index < -0.39 is 0 Å². The zero-order chi connectivity index (χ0) is 13.8. The fraction of sp³-hybridized carbons (Fsp3) is 0.438. The molecule has 0 unspecified atom stereocenters. The van der Waals surface area contributed by atoms with E-state index in [0.717, 1.165) is 17.9 Å². The maximum atomic E-state index is 5.99. The van der Waals surface area contributed by atoms with E-state index in [2.05, 4.69) is 55.0 Å². The Balaban J connectivity index is 2.38. The second-order valence-electron chi connectivity index (χ2n) is 5.39. The third kappa shape index (κ3) is 3.19. The molecule has 1 aromatic heterocycles. The summed E-state index contributed by atoms with van der Waals surface area (Å²) in [5.74, 6) is 2.25. The van der Waals surface area contributed by atoms with Crippen LogP contribution >= 0.6 is 11.6 Å². The summed E-state index contributed by atoms with van der Waals surface area (Å²) in [5.41, 5.74) is 1.10. The summed E-state index contributed by atoms with van der Waals surface area (Å²) in [5, 5.41) is 2.39. The molecule has 0 atom stereocenters. The second kappa shape index (κ2) is 6.25. The van der Waals surface area contributed by atoms with Crippen LogP contribution in [0.5, 0.6) is 0 Å². The predicted octanol–water partition coefficient (Wildman–Crippen LogP) is 4.46. The third-order valence-electron chi connectivity index (χ3n) is 3.40. The largest absolute Gasteiger partial charge is 0.359 e. The maximum Gasteiger partial charge on any atom is 0.136 e. The summed E-state index contributed by atoms with van der Waals surface area (Å²) < 4.78 is 0. The lowest BCUT2D eigenvalue weighted by Gasteiger charge is -2.21. The van der Waals surface area contributed by atoms with Gasteiger partial charge in [0.2, 0.25) is 0 Å². The SMILES string of the molecule is CC(C)CCN(C)c1ncc(CCl)c2ccccc12. The van der Waals surface area contributed by atoms with Crippen LogP contribution in [0.1, 0.15) is 25.8 Å². The van der Waals surface area contributed by atoms with E-state index in [1.54, 1.807) is 0 Å². The molecule has 0 amide bonds. The van der Waals surface area contributed by atoms with Gasteiger partial charge in [-0.15, -0.1) is 11.6 Å². The van der Waals surface area contributed by atoms with Crippen molar-refractivity contribution in [1.82, 2.24) is 4.98 Å². The number of pyridine rings is 1. The highest BCUT2D eigenvalue weighted by Crippen LogP contribution is 2.27. The molecule has 0 fully saturated rings. The molecule has 2 aromatic rings. The quantitative estimate of drug-likeness (QED) is 0.750. The Labute approximate surface area is 120 Å². The van der Waals surface area contributed by atoms with E-state index in [1.165, 1.54) is 17.2 Å². The van der Waals surface area contributed by atoms with Crippen LogP contribution in [0.4, 0.5) is 5.82 Å². The lowest BCUT2D eigenvalue weighted by atomic mass is 10.1. The normalized spacial score (nSPS) is 11.2. The Hall–Kier alpha value is -1.28. The standard InChI is InChI=1S/C16H21ClN2/c1-12(2)8-9-19(3)16-15-7-5-4-6-14(15)13(10-17)11-18-16/h4-7,11-12H,8-10H2,1-3H3. The van der Waals surface area contributed by atoms with Gasteiger partial charge in [-0.05, 0) is 23.3 Å². The van der Waals surface area contributed by atoms with Crippen LogP contribution in [-0.4, -0.2) is 18.6 Å². The van der Waals surface area contributed by atoms with Crippen LogP contribution in [0, 0.1) is 5.92 Å². The molecule has 2 nitrogen and oxygen atoms in total. The van der Waals surface area contributed by atoms with Crippen LogP contribution in [0.2, 0.25) is 0 Å². The minimum atomic E-state index is 0.503. The summed E-state index contributed by atoms with van der Waals surface area (Å²) in [7, 11) is 2.11. The molecule has 3 heteroatoms. The van der Waals surface area contributed by atoms with Crippen LogP contribution in [0.15, 0.2) is 30.5 Å². The Kier molecular flexibility index (Phi) is 4.65. The number of aromatic nitrogens is 1. The molecule has 1 heterocycles. The van der Waals surface area contributed by atoms with E-state index in [9.17, 15) is 0 Å². The van der Waals surface area contributed by atoms with Gasteiger partial charge in [0.1, 0.15) is 5.82 Å². The molecule has 0 spiro atoms. The van der Waals surface area contributed by atoms with Gasteiger partial charge < -0.3 is 4.90 Å². The van der Waals surface area contributed by atoms with Crippen molar-refractivity contribution in [3.8, 4) is 0 Å². The number of halogens is 1. The summed E-state index contributed by atoms with van der Waals surface area (Å²) in [6.45, 7) is 5.51. The number of alkyl halides is 1. The maximum absolute atomic E-state index is 5.99. The van der Waals surface area contributed by atoms with Crippen molar-refractivity contribution < 1.29 is 0 Å². The zero-order valence-corrected chi connectivity index (χ0v) is 12.6. The molecule has 0 radical (unpaired) electrons. The number of fused-ring (bicyclic) bond motifs is 1. The first-order valence-corrected chi connectivity index (χ1v) is 7.30. The molecule has 0 saturated heterocycles. The summed E-state index contributed by atoms with van der Waals surface area (Å²) in [6.07, 6.45) is 3.07. The highest BCUT2D eigenvalue weighted by atomic mass is 35.5. The van der Waals surface area contributed by atoms with Crippen molar-refractivity contribution >= 4 is 28.2 Å². The molecule has 102 valence electrons. The van der Waals surface area contributed by atoms with Crippen molar-refractivity contribution in [3.05, 3.63) is 36.0 Å². The molecule has 0 aliphatic heterocycles. The number of benzene rings is 1. The van der Waals surface area contributed by atoms with Gasteiger partial charge in [-0.2, -0.15) is 0 Å². The summed E-state index contributed by atoms with van der Waals surface area (Å²) in [6, 6.07) is 8.35. The summed E-state index contributed by atoms with van der Waals surface area (Å²) in [4.78, 5) is 6.83. The Bertz CT molecular complexity index is 551. The fourth-order valence-electron chi connectivity index (χ4n) is 2.20. The van der Waals surface area contributed by atoms with Gasteiger partial charge in [0.15, 0.2) is 0 Å². The van der Waals surface area contributed by atoms with Crippen LogP contribution in [0.3, 0.4) is 0 Å². The molecule has 0 bridgehead atoms. The zero-order valence-electron chi connectivity index (χ0n) is 11.9. The van der Waals surface area contributed by atoms with Gasteiger partial charge in [0, 0.05) is 31.1 Å². The van der Waals surface area contributed by atoms with Gasteiger partial charge in [-0.3, -0.25) is 0 Å². The van der Waals surface area contributed by atoms with E-state index in [4.69, 9.17) is 11.6 Å². The Morgan fingerprint density at radius 1 is 1.21 bits per heavy atom. The van der Waals surface area contributed by atoms with E-state index >= 15 is 0 Å². The molecule has 19 heavy (non-hydrogen) atoms. The van der Waals surface area contributed by atoms with Gasteiger partial charge >= 0.3 is 0 Å². The van der Waals surface area contributed by atoms with Crippen molar-refractivity contribution in [2.75, 3.05) is 18.5 Å². The van der Waals surface area contributed by atoms with Gasteiger partial charge in [-0.1, -0.05) is 38.1 Å². The minimum Gasteiger partial charge on any atom is -0.359 e. The molecule has 0 aliphatic rings. The number of hydrogen-bond donors (Lipinski definition) is 0. The average Bonchev–Trinajstić information content (AvgIpc) is 2.43.